The van der Waals surface area contributed by atoms with Gasteiger partial charge in [0, 0.05) is 26.1 Å². The zero-order valence-corrected chi connectivity index (χ0v) is 23.7. The fourth-order valence-electron chi connectivity index (χ4n) is 4.49. The van der Waals surface area contributed by atoms with Crippen molar-refractivity contribution >= 4 is 29.8 Å². The predicted octanol–water partition coefficient (Wildman–Crippen LogP) is 6.03. The van der Waals surface area contributed by atoms with E-state index in [1.54, 1.807) is 9.80 Å². The maximum absolute atomic E-state index is 12.4. The summed E-state index contributed by atoms with van der Waals surface area (Å²) in [6.07, 6.45) is 7.32. The van der Waals surface area contributed by atoms with Gasteiger partial charge >= 0.3 is 12.1 Å². The van der Waals surface area contributed by atoms with Crippen molar-refractivity contribution in [3.8, 4) is 0 Å². The second kappa shape index (κ2) is 13.7. The molecule has 0 radical (unpaired) electrons. The van der Waals surface area contributed by atoms with Gasteiger partial charge in [0.25, 0.3) is 0 Å². The molecule has 8 heteroatoms. The Labute approximate surface area is 222 Å². The number of ether oxygens (including phenoxy) is 2. The number of benzene rings is 1. The molecule has 1 aliphatic rings. The van der Waals surface area contributed by atoms with E-state index in [0.29, 0.717) is 37.7 Å². The maximum Gasteiger partial charge on any atom is 0.410 e. The Balaban J connectivity index is 1.81. The fraction of sp³-hybridized carbons (Fsp3) is 0.690. The van der Waals surface area contributed by atoms with Crippen LogP contribution in [0.25, 0.3) is 0 Å². The highest BCUT2D eigenvalue weighted by Crippen LogP contribution is 2.33. The molecule has 1 fully saturated rings. The average molecular weight is 518 g/mol. The fourth-order valence-corrected chi connectivity index (χ4v) is 4.49. The van der Waals surface area contributed by atoms with Gasteiger partial charge in [-0.05, 0) is 90.8 Å². The number of hydrogen-bond donors (Lipinski definition) is 1. The lowest BCUT2D eigenvalue weighted by Crippen LogP contribution is -2.41. The van der Waals surface area contributed by atoms with E-state index in [2.05, 4.69) is 0 Å². The van der Waals surface area contributed by atoms with Crippen molar-refractivity contribution in [2.75, 3.05) is 30.3 Å². The summed E-state index contributed by atoms with van der Waals surface area (Å²) in [4.78, 5) is 39.5. The average Bonchev–Trinajstić information content (AvgIpc) is 2.79. The highest BCUT2D eigenvalue weighted by atomic mass is 16.6. The molecule has 1 heterocycles. The van der Waals surface area contributed by atoms with Crippen LogP contribution in [0, 0.1) is 0 Å². The lowest BCUT2D eigenvalue weighted by atomic mass is 9.89. The number of piperidine rings is 1. The Morgan fingerprint density at radius 3 is 2.16 bits per heavy atom. The molecule has 0 atom stereocenters. The number of likely N-dealkylation sites (tertiary alicyclic amines) is 1. The van der Waals surface area contributed by atoms with Crippen LogP contribution in [0.4, 0.5) is 16.2 Å². The largest absolute Gasteiger partial charge is 0.460 e. The summed E-state index contributed by atoms with van der Waals surface area (Å²) in [6, 6.07) is 5.93. The summed E-state index contributed by atoms with van der Waals surface area (Å²) in [6.45, 7) is 13.1. The Hall–Kier alpha value is -2.77. The van der Waals surface area contributed by atoms with Crippen LogP contribution in [-0.4, -0.2) is 54.2 Å². The molecule has 0 spiro atoms. The number of unbranched alkanes of at least 4 members (excludes halogenated alkanes) is 4. The first-order valence-corrected chi connectivity index (χ1v) is 13.6. The van der Waals surface area contributed by atoms with Crippen molar-refractivity contribution in [3.05, 3.63) is 23.8 Å². The van der Waals surface area contributed by atoms with E-state index >= 15 is 0 Å². The van der Waals surface area contributed by atoms with Gasteiger partial charge in [0.05, 0.1) is 11.4 Å². The van der Waals surface area contributed by atoms with E-state index in [1.807, 2.05) is 59.7 Å². The minimum atomic E-state index is -0.502. The van der Waals surface area contributed by atoms with E-state index in [9.17, 15) is 14.4 Å². The molecule has 8 nitrogen and oxygen atoms in total. The number of nitrogens with two attached hydrogens (primary N) is 1. The molecule has 37 heavy (non-hydrogen) atoms. The second-order valence-corrected chi connectivity index (χ2v) is 12.0. The van der Waals surface area contributed by atoms with Crippen molar-refractivity contribution in [1.82, 2.24) is 4.90 Å². The predicted molar refractivity (Wildman–Crippen MR) is 148 cm³/mol. The number of carbonyl (C=O) groups excluding carboxylic acids is 3. The molecule has 1 aromatic rings. The first-order chi connectivity index (χ1) is 17.3. The number of rotatable bonds is 11. The SMILES string of the molecule is CC(C)(C)OC(=O)CCCCCCCN(C=O)c1cc(C2CCN(C(=O)OC(C)(C)C)CC2)ccc1N. The van der Waals surface area contributed by atoms with E-state index in [1.165, 1.54) is 0 Å². The lowest BCUT2D eigenvalue weighted by molar-refractivity contribution is -0.154. The van der Waals surface area contributed by atoms with Crippen LogP contribution in [0.3, 0.4) is 0 Å². The van der Waals surface area contributed by atoms with Crippen LogP contribution in [0.1, 0.15) is 104 Å². The number of nitrogens with zero attached hydrogens (tertiary/aromatic N) is 2. The molecular weight excluding hydrogens is 470 g/mol. The normalized spacial score (nSPS) is 14.8. The minimum Gasteiger partial charge on any atom is -0.460 e. The first kappa shape index (κ1) is 30.5. The summed E-state index contributed by atoms with van der Waals surface area (Å²) in [5, 5.41) is 0. The zero-order valence-electron chi connectivity index (χ0n) is 23.7. The van der Waals surface area contributed by atoms with Crippen molar-refractivity contribution in [2.45, 2.75) is 110 Å². The van der Waals surface area contributed by atoms with E-state index in [0.717, 1.165) is 62.6 Å². The van der Waals surface area contributed by atoms with Gasteiger partial charge in [-0.2, -0.15) is 0 Å². The topological polar surface area (TPSA) is 102 Å². The van der Waals surface area contributed by atoms with Crippen LogP contribution in [0.5, 0.6) is 0 Å². The van der Waals surface area contributed by atoms with Crippen LogP contribution in [0.2, 0.25) is 0 Å². The van der Waals surface area contributed by atoms with E-state index in [4.69, 9.17) is 15.2 Å². The Morgan fingerprint density at radius 1 is 0.973 bits per heavy atom. The standard InChI is InChI=1S/C29H47N3O5/c1-28(2,3)36-26(34)12-10-8-7-9-11-17-32(21-33)25-20-23(13-14-24(25)30)22-15-18-31(19-16-22)27(35)37-29(4,5)6/h13-14,20-22H,7-12,15-19,30H2,1-6H3. The van der Waals surface area contributed by atoms with Crippen LogP contribution in [-0.2, 0) is 19.1 Å². The lowest BCUT2D eigenvalue weighted by Gasteiger charge is -2.34. The molecule has 0 unspecified atom stereocenters. The van der Waals surface area contributed by atoms with Crippen molar-refractivity contribution in [3.63, 3.8) is 0 Å². The molecule has 0 aliphatic carbocycles. The number of hydrogen-bond acceptors (Lipinski definition) is 6. The monoisotopic (exact) mass is 517 g/mol. The second-order valence-electron chi connectivity index (χ2n) is 12.0. The van der Waals surface area contributed by atoms with Gasteiger partial charge in [0.15, 0.2) is 0 Å². The third-order valence-corrected chi connectivity index (χ3v) is 6.31. The smallest absolute Gasteiger partial charge is 0.410 e. The highest BCUT2D eigenvalue weighted by Gasteiger charge is 2.28. The zero-order chi connectivity index (χ0) is 27.6. The van der Waals surface area contributed by atoms with Crippen LogP contribution < -0.4 is 10.6 Å². The highest BCUT2D eigenvalue weighted by molar-refractivity contribution is 5.83. The summed E-state index contributed by atoms with van der Waals surface area (Å²) < 4.78 is 10.8. The van der Waals surface area contributed by atoms with Gasteiger partial charge < -0.3 is 25.0 Å². The third kappa shape index (κ3) is 11.0. The molecule has 1 saturated heterocycles. The molecule has 2 N–H and O–H groups in total. The van der Waals surface area contributed by atoms with Gasteiger partial charge in [-0.1, -0.05) is 25.3 Å². The van der Waals surface area contributed by atoms with Gasteiger partial charge in [-0.3, -0.25) is 9.59 Å². The number of nitrogen functional groups attached to an aromatic ring is 1. The van der Waals surface area contributed by atoms with Gasteiger partial charge in [-0.25, -0.2) is 4.79 Å². The number of esters is 1. The Bertz CT molecular complexity index is 896. The number of anilines is 2. The molecule has 1 aliphatic heterocycles. The summed E-state index contributed by atoms with van der Waals surface area (Å²) in [5.41, 5.74) is 7.77. The van der Waals surface area contributed by atoms with Crippen molar-refractivity contribution in [2.24, 2.45) is 0 Å². The van der Waals surface area contributed by atoms with Gasteiger partial charge in [0.1, 0.15) is 11.2 Å². The number of amides is 2. The summed E-state index contributed by atoms with van der Waals surface area (Å²) in [5.74, 6) is 0.155. The molecule has 0 aromatic heterocycles. The van der Waals surface area contributed by atoms with Crippen molar-refractivity contribution in [1.29, 1.82) is 0 Å². The van der Waals surface area contributed by atoms with Gasteiger partial charge in [-0.15, -0.1) is 0 Å². The molecule has 1 aromatic carbocycles. The first-order valence-electron chi connectivity index (χ1n) is 13.6. The third-order valence-electron chi connectivity index (χ3n) is 6.31. The minimum absolute atomic E-state index is 0.148. The summed E-state index contributed by atoms with van der Waals surface area (Å²) in [7, 11) is 0. The van der Waals surface area contributed by atoms with Crippen LogP contribution >= 0.6 is 0 Å². The summed E-state index contributed by atoms with van der Waals surface area (Å²) >= 11 is 0. The molecular formula is C29H47N3O5. The van der Waals surface area contributed by atoms with E-state index in [-0.39, 0.29) is 12.1 Å². The Kier molecular flexibility index (Phi) is 11.3. The maximum atomic E-state index is 12.4. The quantitative estimate of drug-likeness (QED) is 0.166. The van der Waals surface area contributed by atoms with Crippen LogP contribution in [0.15, 0.2) is 18.2 Å². The molecule has 0 saturated carbocycles. The molecule has 2 amide bonds. The molecule has 0 bridgehead atoms. The molecule has 208 valence electrons. The van der Waals surface area contributed by atoms with E-state index < -0.39 is 11.2 Å². The number of carbonyl (C=O) groups is 3. The van der Waals surface area contributed by atoms with Gasteiger partial charge in [0.2, 0.25) is 6.41 Å². The van der Waals surface area contributed by atoms with Crippen molar-refractivity contribution < 1.29 is 23.9 Å². The molecule has 2 rings (SSSR count). The Morgan fingerprint density at radius 2 is 1.57 bits per heavy atom.